The van der Waals surface area contributed by atoms with Gasteiger partial charge in [-0.3, -0.25) is 0 Å². The molecule has 0 saturated heterocycles. The van der Waals surface area contributed by atoms with Gasteiger partial charge in [-0.25, -0.2) is 4.79 Å². The van der Waals surface area contributed by atoms with Crippen LogP contribution in [-0.2, 0) is 16.8 Å². The van der Waals surface area contributed by atoms with E-state index in [1.54, 1.807) is 6.92 Å². The van der Waals surface area contributed by atoms with Gasteiger partial charge in [0.1, 0.15) is 5.60 Å². The SMILES string of the molecule is CCOC(=O)N[C@H]1Cc2ccccc2[C@@]1(O)c1ccccc1. The lowest BCUT2D eigenvalue weighted by molar-refractivity contribution is 0.0463. The molecule has 0 heterocycles. The van der Waals surface area contributed by atoms with Crippen LogP contribution >= 0.6 is 0 Å². The summed E-state index contributed by atoms with van der Waals surface area (Å²) in [7, 11) is 0. The number of alkyl carbamates (subject to hydrolysis) is 1. The Morgan fingerprint density at radius 3 is 2.64 bits per heavy atom. The van der Waals surface area contributed by atoms with E-state index in [-0.39, 0.29) is 0 Å². The van der Waals surface area contributed by atoms with Gasteiger partial charge >= 0.3 is 6.09 Å². The Kier molecular flexibility index (Phi) is 3.86. The monoisotopic (exact) mass is 297 g/mol. The lowest BCUT2D eigenvalue weighted by atomic mass is 9.85. The second-order valence-electron chi connectivity index (χ2n) is 5.41. The highest BCUT2D eigenvalue weighted by Gasteiger charge is 2.47. The van der Waals surface area contributed by atoms with Crippen molar-refractivity contribution in [2.24, 2.45) is 0 Å². The first-order valence-electron chi connectivity index (χ1n) is 7.45. The number of nitrogens with one attached hydrogen (secondary N) is 1. The van der Waals surface area contributed by atoms with Crippen molar-refractivity contribution in [1.82, 2.24) is 5.32 Å². The molecular formula is C18H19NO3. The molecule has 0 bridgehead atoms. The van der Waals surface area contributed by atoms with Crippen molar-refractivity contribution in [3.8, 4) is 0 Å². The topological polar surface area (TPSA) is 58.6 Å². The van der Waals surface area contributed by atoms with Crippen LogP contribution in [0.4, 0.5) is 4.79 Å². The Morgan fingerprint density at radius 1 is 1.23 bits per heavy atom. The van der Waals surface area contributed by atoms with Crippen LogP contribution in [0.2, 0.25) is 0 Å². The largest absolute Gasteiger partial charge is 0.450 e. The maximum atomic E-state index is 11.8. The third-order valence-electron chi connectivity index (χ3n) is 4.14. The van der Waals surface area contributed by atoms with Crippen LogP contribution in [-0.4, -0.2) is 23.8 Å². The highest BCUT2D eigenvalue weighted by molar-refractivity contribution is 5.69. The Bertz CT molecular complexity index is 671. The number of hydrogen-bond acceptors (Lipinski definition) is 3. The Morgan fingerprint density at radius 2 is 1.91 bits per heavy atom. The summed E-state index contributed by atoms with van der Waals surface area (Å²) in [6, 6.07) is 16.7. The third-order valence-corrected chi connectivity index (χ3v) is 4.14. The van der Waals surface area contributed by atoms with E-state index in [9.17, 15) is 9.90 Å². The van der Waals surface area contributed by atoms with Gasteiger partial charge in [0.15, 0.2) is 0 Å². The fourth-order valence-electron chi connectivity index (χ4n) is 3.14. The van der Waals surface area contributed by atoms with Crippen molar-refractivity contribution in [3.63, 3.8) is 0 Å². The molecule has 2 aromatic rings. The lowest BCUT2D eigenvalue weighted by Gasteiger charge is -2.32. The lowest BCUT2D eigenvalue weighted by Crippen LogP contribution is -2.49. The van der Waals surface area contributed by atoms with Gasteiger partial charge in [-0.1, -0.05) is 54.6 Å². The zero-order valence-corrected chi connectivity index (χ0v) is 12.5. The molecule has 3 rings (SSSR count). The fraction of sp³-hybridized carbons (Fsp3) is 0.278. The highest BCUT2D eigenvalue weighted by atomic mass is 16.5. The molecule has 0 spiro atoms. The van der Waals surface area contributed by atoms with Gasteiger partial charge in [0, 0.05) is 0 Å². The quantitative estimate of drug-likeness (QED) is 0.915. The highest BCUT2D eigenvalue weighted by Crippen LogP contribution is 2.42. The molecule has 0 aliphatic heterocycles. The van der Waals surface area contributed by atoms with Crippen molar-refractivity contribution in [2.45, 2.75) is 25.0 Å². The average molecular weight is 297 g/mol. The van der Waals surface area contributed by atoms with Gasteiger partial charge in [-0.2, -0.15) is 0 Å². The van der Waals surface area contributed by atoms with Crippen molar-refractivity contribution in [3.05, 3.63) is 71.3 Å². The van der Waals surface area contributed by atoms with E-state index in [1.165, 1.54) is 0 Å². The summed E-state index contributed by atoms with van der Waals surface area (Å²) in [4.78, 5) is 11.8. The molecule has 2 aromatic carbocycles. The molecule has 0 fully saturated rings. The molecule has 0 aromatic heterocycles. The van der Waals surface area contributed by atoms with Crippen molar-refractivity contribution < 1.29 is 14.6 Å². The van der Waals surface area contributed by atoms with E-state index < -0.39 is 17.7 Å². The van der Waals surface area contributed by atoms with Crippen LogP contribution in [0.25, 0.3) is 0 Å². The molecule has 1 aliphatic rings. The molecule has 0 unspecified atom stereocenters. The normalized spacial score (nSPS) is 22.9. The molecule has 0 radical (unpaired) electrons. The Balaban J connectivity index is 2.02. The third kappa shape index (κ3) is 2.35. The van der Waals surface area contributed by atoms with Gasteiger partial charge in [-0.15, -0.1) is 0 Å². The average Bonchev–Trinajstić information content (AvgIpc) is 2.82. The summed E-state index contributed by atoms with van der Waals surface area (Å²) < 4.78 is 4.97. The number of ether oxygens (including phenoxy) is 1. The van der Waals surface area contributed by atoms with Crippen LogP contribution in [0.15, 0.2) is 54.6 Å². The van der Waals surface area contributed by atoms with Crippen LogP contribution in [0.1, 0.15) is 23.6 Å². The van der Waals surface area contributed by atoms with Gasteiger partial charge in [0.25, 0.3) is 0 Å². The number of hydrogen-bond donors (Lipinski definition) is 2. The number of carbonyl (C=O) groups is 1. The van der Waals surface area contributed by atoms with Crippen LogP contribution in [0.5, 0.6) is 0 Å². The Hall–Kier alpha value is -2.33. The first-order chi connectivity index (χ1) is 10.7. The number of aliphatic hydroxyl groups is 1. The predicted molar refractivity (Wildman–Crippen MR) is 83.5 cm³/mol. The number of fused-ring (bicyclic) bond motifs is 1. The molecular weight excluding hydrogens is 278 g/mol. The summed E-state index contributed by atoms with van der Waals surface area (Å²) in [6.07, 6.45) is 0.0649. The van der Waals surface area contributed by atoms with Gasteiger partial charge in [0.2, 0.25) is 0 Å². The molecule has 1 aliphatic carbocycles. The standard InChI is InChI=1S/C18H19NO3/c1-2-22-17(20)19-16-12-13-8-6-7-11-15(13)18(16,21)14-9-4-3-5-10-14/h3-11,16,21H,2,12H2,1H3,(H,19,20)/t16-,18-/m0/s1. The van der Waals surface area contributed by atoms with Crippen molar-refractivity contribution in [1.29, 1.82) is 0 Å². The smallest absolute Gasteiger partial charge is 0.407 e. The minimum absolute atomic E-state index is 0.301. The summed E-state index contributed by atoms with van der Waals surface area (Å²) in [5.41, 5.74) is 1.39. The number of amides is 1. The molecule has 4 heteroatoms. The minimum Gasteiger partial charge on any atom is -0.450 e. The molecule has 22 heavy (non-hydrogen) atoms. The van der Waals surface area contributed by atoms with E-state index in [1.807, 2.05) is 54.6 Å². The van der Waals surface area contributed by atoms with E-state index in [0.29, 0.717) is 13.0 Å². The van der Waals surface area contributed by atoms with E-state index in [0.717, 1.165) is 16.7 Å². The summed E-state index contributed by atoms with van der Waals surface area (Å²) in [6.45, 7) is 2.06. The first kappa shape index (κ1) is 14.6. The minimum atomic E-state index is -1.25. The number of carbonyl (C=O) groups excluding carboxylic acids is 1. The van der Waals surface area contributed by atoms with Gasteiger partial charge in [-0.05, 0) is 30.0 Å². The molecule has 2 N–H and O–H groups in total. The molecule has 4 nitrogen and oxygen atoms in total. The zero-order chi connectivity index (χ0) is 15.6. The van der Waals surface area contributed by atoms with Crippen molar-refractivity contribution in [2.75, 3.05) is 6.61 Å². The number of benzene rings is 2. The summed E-state index contributed by atoms with van der Waals surface area (Å²) in [5.74, 6) is 0. The molecule has 1 amide bonds. The van der Waals surface area contributed by atoms with Gasteiger partial charge < -0.3 is 15.2 Å². The molecule has 114 valence electrons. The van der Waals surface area contributed by atoms with Gasteiger partial charge in [0.05, 0.1) is 12.6 Å². The molecule has 2 atom stereocenters. The summed E-state index contributed by atoms with van der Waals surface area (Å²) in [5, 5.41) is 14.2. The fourth-order valence-corrected chi connectivity index (χ4v) is 3.14. The van der Waals surface area contributed by atoms with Crippen molar-refractivity contribution >= 4 is 6.09 Å². The van der Waals surface area contributed by atoms with E-state index in [4.69, 9.17) is 4.74 Å². The second-order valence-corrected chi connectivity index (χ2v) is 5.41. The van der Waals surface area contributed by atoms with E-state index in [2.05, 4.69) is 5.32 Å². The summed E-state index contributed by atoms with van der Waals surface area (Å²) >= 11 is 0. The predicted octanol–water partition coefficient (Wildman–Crippen LogP) is 2.59. The maximum absolute atomic E-state index is 11.8. The number of rotatable bonds is 3. The van der Waals surface area contributed by atoms with Crippen LogP contribution < -0.4 is 5.32 Å². The first-order valence-corrected chi connectivity index (χ1v) is 7.45. The van der Waals surface area contributed by atoms with Crippen LogP contribution in [0, 0.1) is 0 Å². The second kappa shape index (κ2) is 5.81. The van der Waals surface area contributed by atoms with Crippen LogP contribution in [0.3, 0.4) is 0 Å². The zero-order valence-electron chi connectivity index (χ0n) is 12.5. The maximum Gasteiger partial charge on any atom is 0.407 e. The molecule has 0 saturated carbocycles. The Labute approximate surface area is 129 Å². The van der Waals surface area contributed by atoms with E-state index >= 15 is 0 Å².